The Bertz CT molecular complexity index is 1440. The number of halogens is 5. The minimum absolute atomic E-state index is 0.0595. The lowest BCUT2D eigenvalue weighted by Crippen LogP contribution is -2.61. The Balaban J connectivity index is 1.43. The van der Waals surface area contributed by atoms with Gasteiger partial charge in [0.1, 0.15) is 11.5 Å². The number of benzene rings is 1. The van der Waals surface area contributed by atoms with Crippen molar-refractivity contribution in [1.29, 1.82) is 0 Å². The van der Waals surface area contributed by atoms with Crippen LogP contribution in [0.4, 0.5) is 27.6 Å². The van der Waals surface area contributed by atoms with Gasteiger partial charge in [0.2, 0.25) is 0 Å². The number of nitrogens with one attached hydrogen (secondary N) is 3. The summed E-state index contributed by atoms with van der Waals surface area (Å²) in [5.74, 6) is -7.07. The molecule has 0 radical (unpaired) electrons. The van der Waals surface area contributed by atoms with E-state index in [1.54, 1.807) is 0 Å². The van der Waals surface area contributed by atoms with Crippen LogP contribution in [-0.4, -0.2) is 43.5 Å². The molecule has 1 saturated carbocycles. The molecule has 14 heteroatoms. The first-order chi connectivity index (χ1) is 17.9. The van der Waals surface area contributed by atoms with Crippen LogP contribution in [0.2, 0.25) is 0 Å². The highest BCUT2D eigenvalue weighted by atomic mass is 19.3. The highest BCUT2D eigenvalue weighted by molar-refractivity contribution is 6.43. The second kappa shape index (κ2) is 9.03. The molecule has 38 heavy (non-hydrogen) atoms. The van der Waals surface area contributed by atoms with E-state index < -0.39 is 59.7 Å². The van der Waals surface area contributed by atoms with Gasteiger partial charge in [-0.15, -0.1) is 0 Å². The number of hydrogen-bond donors (Lipinski definition) is 3. The number of nitrogens with zero attached hydrogens (tertiary/aromatic N) is 3. The summed E-state index contributed by atoms with van der Waals surface area (Å²) in [6.45, 7) is 1.79. The summed E-state index contributed by atoms with van der Waals surface area (Å²) in [6, 6.07) is 2.75. The number of aromatic amines is 1. The molecular weight excluding hydrogens is 515 g/mol. The molecule has 2 amide bonds. The molecule has 200 valence electrons. The Morgan fingerprint density at radius 3 is 2.55 bits per heavy atom. The van der Waals surface area contributed by atoms with Gasteiger partial charge in [0.15, 0.2) is 0 Å². The number of Topliss-reactive ketones (excluding diaryl/α,β-unsaturated/α-hetero) is 1. The minimum atomic E-state index is -3.09. The summed E-state index contributed by atoms with van der Waals surface area (Å²) in [7, 11) is 0. The Morgan fingerprint density at radius 1 is 1.18 bits per heavy atom. The molecule has 1 fully saturated rings. The van der Waals surface area contributed by atoms with Gasteiger partial charge in [-0.3, -0.25) is 14.4 Å². The van der Waals surface area contributed by atoms with E-state index in [9.17, 15) is 36.3 Å². The van der Waals surface area contributed by atoms with Gasteiger partial charge in [-0.2, -0.15) is 15.4 Å². The fraction of sp³-hybridized carbons (Fsp3) is 0.375. The van der Waals surface area contributed by atoms with Crippen molar-refractivity contribution in [2.24, 2.45) is 0 Å². The topological polar surface area (TPSA) is 122 Å². The van der Waals surface area contributed by atoms with Crippen LogP contribution in [0, 0.1) is 12.7 Å². The Morgan fingerprint density at radius 2 is 1.92 bits per heavy atom. The van der Waals surface area contributed by atoms with Crippen LogP contribution < -0.4 is 10.6 Å². The van der Waals surface area contributed by atoms with Gasteiger partial charge in [0, 0.05) is 30.8 Å². The largest absolute Gasteiger partial charge is 0.341 e. The molecule has 1 aromatic carbocycles. The van der Waals surface area contributed by atoms with E-state index in [1.165, 1.54) is 17.7 Å². The molecular formula is C24H21F5N6O3. The van der Waals surface area contributed by atoms with Crippen molar-refractivity contribution < 1.29 is 36.3 Å². The summed E-state index contributed by atoms with van der Waals surface area (Å²) < 4.78 is 68.9. The smallest absolute Gasteiger partial charge is 0.294 e. The zero-order valence-electron chi connectivity index (χ0n) is 19.9. The van der Waals surface area contributed by atoms with Crippen LogP contribution in [0.1, 0.15) is 69.0 Å². The maximum Gasteiger partial charge on any atom is 0.294 e. The van der Waals surface area contributed by atoms with Crippen molar-refractivity contribution in [1.82, 2.24) is 25.3 Å². The third-order valence-electron chi connectivity index (χ3n) is 6.93. The lowest BCUT2D eigenvalue weighted by Gasteiger charge is -2.46. The van der Waals surface area contributed by atoms with Crippen LogP contribution in [0.3, 0.4) is 0 Å². The highest BCUT2D eigenvalue weighted by Gasteiger charge is 2.60. The third kappa shape index (κ3) is 4.23. The second-order valence-corrected chi connectivity index (χ2v) is 9.47. The molecule has 0 spiro atoms. The van der Waals surface area contributed by atoms with Crippen molar-refractivity contribution >= 4 is 23.3 Å². The van der Waals surface area contributed by atoms with Gasteiger partial charge in [-0.25, -0.2) is 22.0 Å². The fourth-order valence-corrected chi connectivity index (χ4v) is 5.27. The number of amides is 2. The molecule has 0 saturated heterocycles. The predicted molar refractivity (Wildman–Crippen MR) is 122 cm³/mol. The van der Waals surface area contributed by atoms with Gasteiger partial charge >= 0.3 is 0 Å². The van der Waals surface area contributed by atoms with Crippen molar-refractivity contribution in [3.8, 4) is 0 Å². The number of anilines is 1. The molecule has 0 unspecified atom stereocenters. The Hall–Kier alpha value is -4.10. The molecule has 9 nitrogen and oxygen atoms in total. The molecule has 0 bridgehead atoms. The van der Waals surface area contributed by atoms with E-state index in [0.717, 1.165) is 18.2 Å². The van der Waals surface area contributed by atoms with Crippen molar-refractivity contribution in [3.05, 3.63) is 64.0 Å². The lowest BCUT2D eigenvalue weighted by atomic mass is 9.71. The molecule has 3 N–H and O–H groups in total. The average molecular weight is 536 g/mol. The summed E-state index contributed by atoms with van der Waals surface area (Å²) in [5.41, 5.74) is -1.83. The minimum Gasteiger partial charge on any atom is -0.341 e. The van der Waals surface area contributed by atoms with E-state index in [4.69, 9.17) is 0 Å². The number of rotatable bonds is 7. The molecule has 0 atom stereocenters. The number of hydrogen-bond acceptors (Lipinski definition) is 5. The number of fused-ring (bicyclic) bond motifs is 1. The zero-order valence-corrected chi connectivity index (χ0v) is 19.9. The first kappa shape index (κ1) is 25.5. The van der Waals surface area contributed by atoms with E-state index >= 15 is 0 Å². The number of aromatic nitrogens is 4. The van der Waals surface area contributed by atoms with E-state index in [1.807, 2.05) is 0 Å². The van der Waals surface area contributed by atoms with Crippen LogP contribution in [0.15, 0.2) is 24.4 Å². The summed E-state index contributed by atoms with van der Waals surface area (Å²) >= 11 is 0. The summed E-state index contributed by atoms with van der Waals surface area (Å²) in [6.07, 6.45) is -2.45. The molecule has 3 aromatic rings. The van der Waals surface area contributed by atoms with Crippen LogP contribution in [-0.2, 0) is 23.3 Å². The Kier molecular flexibility index (Phi) is 6.07. The number of alkyl halides is 4. The Labute approximate surface area is 211 Å². The van der Waals surface area contributed by atoms with Gasteiger partial charge in [-0.05, 0) is 43.5 Å². The molecule has 1 aliphatic heterocycles. The number of ketones is 1. The van der Waals surface area contributed by atoms with Gasteiger partial charge in [0.05, 0.1) is 28.6 Å². The molecule has 3 heterocycles. The lowest BCUT2D eigenvalue weighted by molar-refractivity contribution is -0.148. The zero-order chi connectivity index (χ0) is 27.4. The van der Waals surface area contributed by atoms with Gasteiger partial charge in [0.25, 0.3) is 29.9 Å². The quantitative estimate of drug-likeness (QED) is 0.241. The maximum absolute atomic E-state index is 13.8. The molecule has 2 aliphatic rings. The van der Waals surface area contributed by atoms with Crippen molar-refractivity contribution in [3.63, 3.8) is 0 Å². The molecule has 2 aromatic heterocycles. The van der Waals surface area contributed by atoms with Crippen molar-refractivity contribution in [2.75, 3.05) is 5.32 Å². The fourth-order valence-electron chi connectivity index (χ4n) is 5.27. The normalized spacial score (nSPS) is 17.1. The predicted octanol–water partition coefficient (Wildman–Crippen LogP) is 3.81. The number of carbonyl (C=O) groups excluding carboxylic acids is 3. The maximum atomic E-state index is 13.8. The summed E-state index contributed by atoms with van der Waals surface area (Å²) in [5, 5.41) is 14.5. The first-order valence-corrected chi connectivity index (χ1v) is 11.6. The monoisotopic (exact) mass is 536 g/mol. The van der Waals surface area contributed by atoms with E-state index in [-0.39, 0.29) is 28.2 Å². The van der Waals surface area contributed by atoms with Crippen LogP contribution >= 0.6 is 0 Å². The van der Waals surface area contributed by atoms with Gasteiger partial charge < -0.3 is 15.2 Å². The highest BCUT2D eigenvalue weighted by Crippen LogP contribution is 2.51. The molecule has 1 aliphatic carbocycles. The van der Waals surface area contributed by atoms with Gasteiger partial charge in [-0.1, -0.05) is 0 Å². The third-order valence-corrected chi connectivity index (χ3v) is 6.93. The average Bonchev–Trinajstić information content (AvgIpc) is 3.56. The first-order valence-electron chi connectivity index (χ1n) is 11.6. The van der Waals surface area contributed by atoms with E-state index in [0.29, 0.717) is 25.1 Å². The van der Waals surface area contributed by atoms with E-state index in [2.05, 4.69) is 26.0 Å². The van der Waals surface area contributed by atoms with Crippen molar-refractivity contribution in [2.45, 2.75) is 57.0 Å². The second-order valence-electron chi connectivity index (χ2n) is 9.47. The molecule has 5 rings (SSSR count). The van der Waals surface area contributed by atoms with Crippen LogP contribution in [0.25, 0.3) is 0 Å². The summed E-state index contributed by atoms with van der Waals surface area (Å²) in [4.78, 5) is 39.5. The number of carbonyl (C=O) groups is 3. The SMILES string of the molecule is Cc1c(C(=O)Nc2ccc(F)c(C(F)F)c2)c2n(c1C(=O)C(=O)NC1(c3cn[nH]n3)CC(F)(F)C1)CCC2. The number of H-pyrrole nitrogens is 1. The standard InChI is InChI=1S/C24H21F5N6O3/c1-11-17(21(37)31-12-4-5-14(25)13(7-12)20(26)27)15-3-2-6-35(15)18(11)19(36)22(38)32-23(9-24(28,29)10-23)16-8-30-34-33-16/h4-5,7-8,20H,2-3,6,9-10H2,1H3,(H,31,37)(H,32,38)(H,30,33,34). The van der Waals surface area contributed by atoms with Crippen LogP contribution in [0.5, 0.6) is 0 Å².